The Morgan fingerprint density at radius 1 is 1.04 bits per heavy atom. The van der Waals surface area contributed by atoms with Crippen molar-refractivity contribution < 1.29 is 4.79 Å². The molecule has 0 saturated heterocycles. The van der Waals surface area contributed by atoms with Crippen LogP contribution in [0.2, 0.25) is 0 Å². The number of aryl methyl sites for hydroxylation is 2. The molecule has 0 unspecified atom stereocenters. The lowest BCUT2D eigenvalue weighted by atomic mass is 10.0. The molecule has 122 valence electrons. The van der Waals surface area contributed by atoms with Crippen molar-refractivity contribution in [3.8, 4) is 0 Å². The number of amides is 1. The summed E-state index contributed by atoms with van der Waals surface area (Å²) in [6, 6.07) is 14.3. The largest absolute Gasteiger partial charge is 0.384 e. The highest BCUT2D eigenvalue weighted by atomic mass is 16.1. The SMILES string of the molecule is Cc1cc(C)cc(NC(=O)CCNc2ccccc2C(C)C)c1. The van der Waals surface area contributed by atoms with E-state index in [4.69, 9.17) is 0 Å². The predicted molar refractivity (Wildman–Crippen MR) is 98.2 cm³/mol. The summed E-state index contributed by atoms with van der Waals surface area (Å²) in [5.74, 6) is 0.493. The number of rotatable bonds is 6. The van der Waals surface area contributed by atoms with Gasteiger partial charge in [0.2, 0.25) is 5.91 Å². The fraction of sp³-hybridized carbons (Fsp3) is 0.350. The van der Waals surface area contributed by atoms with Crippen LogP contribution in [0.3, 0.4) is 0 Å². The van der Waals surface area contributed by atoms with E-state index in [1.807, 2.05) is 38.1 Å². The van der Waals surface area contributed by atoms with Crippen LogP contribution in [0.15, 0.2) is 42.5 Å². The number of benzene rings is 2. The molecule has 0 aliphatic heterocycles. The first-order valence-corrected chi connectivity index (χ1v) is 8.16. The van der Waals surface area contributed by atoms with Crippen LogP contribution in [0, 0.1) is 13.8 Å². The molecule has 0 aliphatic rings. The Kier molecular flexibility index (Phi) is 5.80. The van der Waals surface area contributed by atoms with Gasteiger partial charge < -0.3 is 10.6 Å². The Morgan fingerprint density at radius 2 is 1.70 bits per heavy atom. The highest BCUT2D eigenvalue weighted by molar-refractivity contribution is 5.91. The smallest absolute Gasteiger partial charge is 0.226 e. The lowest BCUT2D eigenvalue weighted by Crippen LogP contribution is -2.17. The van der Waals surface area contributed by atoms with E-state index in [1.54, 1.807) is 0 Å². The van der Waals surface area contributed by atoms with Crippen molar-refractivity contribution in [2.75, 3.05) is 17.2 Å². The average molecular weight is 310 g/mol. The molecule has 0 radical (unpaired) electrons. The lowest BCUT2D eigenvalue weighted by molar-refractivity contribution is -0.115. The summed E-state index contributed by atoms with van der Waals surface area (Å²) >= 11 is 0. The molecular formula is C20H26N2O. The maximum absolute atomic E-state index is 12.1. The van der Waals surface area contributed by atoms with E-state index in [1.165, 1.54) is 5.56 Å². The number of hydrogen-bond acceptors (Lipinski definition) is 2. The van der Waals surface area contributed by atoms with Gasteiger partial charge in [-0.15, -0.1) is 0 Å². The molecule has 0 atom stereocenters. The minimum Gasteiger partial charge on any atom is -0.384 e. The molecular weight excluding hydrogens is 284 g/mol. The zero-order chi connectivity index (χ0) is 16.8. The molecule has 0 heterocycles. The Labute approximate surface area is 139 Å². The number of hydrogen-bond donors (Lipinski definition) is 2. The molecule has 3 nitrogen and oxygen atoms in total. The van der Waals surface area contributed by atoms with E-state index in [9.17, 15) is 4.79 Å². The van der Waals surface area contributed by atoms with Crippen LogP contribution in [-0.4, -0.2) is 12.5 Å². The van der Waals surface area contributed by atoms with Crippen molar-refractivity contribution in [3.63, 3.8) is 0 Å². The fourth-order valence-corrected chi connectivity index (χ4v) is 2.74. The van der Waals surface area contributed by atoms with Crippen molar-refractivity contribution in [1.82, 2.24) is 0 Å². The van der Waals surface area contributed by atoms with Gasteiger partial charge in [0.15, 0.2) is 0 Å². The van der Waals surface area contributed by atoms with E-state index in [0.29, 0.717) is 18.9 Å². The molecule has 2 N–H and O–H groups in total. The summed E-state index contributed by atoms with van der Waals surface area (Å²) in [5, 5.41) is 6.34. The Bertz CT molecular complexity index is 657. The highest BCUT2D eigenvalue weighted by Crippen LogP contribution is 2.23. The molecule has 1 amide bonds. The molecule has 0 aliphatic carbocycles. The monoisotopic (exact) mass is 310 g/mol. The van der Waals surface area contributed by atoms with Crippen LogP contribution in [0.25, 0.3) is 0 Å². The molecule has 2 aromatic rings. The van der Waals surface area contributed by atoms with Crippen LogP contribution in [0.5, 0.6) is 0 Å². The summed E-state index contributed by atoms with van der Waals surface area (Å²) < 4.78 is 0. The Balaban J connectivity index is 1.88. The summed E-state index contributed by atoms with van der Waals surface area (Å²) in [7, 11) is 0. The van der Waals surface area contributed by atoms with Gasteiger partial charge in [0.05, 0.1) is 0 Å². The molecule has 2 rings (SSSR count). The second kappa shape index (κ2) is 7.82. The first-order chi connectivity index (χ1) is 11.0. The zero-order valence-electron chi connectivity index (χ0n) is 14.4. The molecule has 23 heavy (non-hydrogen) atoms. The van der Waals surface area contributed by atoms with E-state index >= 15 is 0 Å². The van der Waals surface area contributed by atoms with Gasteiger partial charge >= 0.3 is 0 Å². The Morgan fingerprint density at radius 3 is 2.35 bits per heavy atom. The number of anilines is 2. The van der Waals surface area contributed by atoms with Crippen LogP contribution in [-0.2, 0) is 4.79 Å². The van der Waals surface area contributed by atoms with E-state index in [2.05, 4.69) is 42.7 Å². The summed E-state index contributed by atoms with van der Waals surface area (Å²) in [6.07, 6.45) is 0.444. The average Bonchev–Trinajstić information content (AvgIpc) is 2.46. The fourth-order valence-electron chi connectivity index (χ4n) is 2.74. The number of carbonyl (C=O) groups is 1. The van der Waals surface area contributed by atoms with Crippen molar-refractivity contribution in [2.45, 2.75) is 40.0 Å². The quantitative estimate of drug-likeness (QED) is 0.799. The standard InChI is InChI=1S/C20H26N2O/c1-14(2)18-7-5-6-8-19(18)21-10-9-20(23)22-17-12-15(3)11-16(4)13-17/h5-8,11-14,21H,9-10H2,1-4H3,(H,22,23). The van der Waals surface area contributed by atoms with Gasteiger partial charge in [-0.05, 0) is 54.7 Å². The normalized spacial score (nSPS) is 10.7. The van der Waals surface area contributed by atoms with Gasteiger partial charge in [0, 0.05) is 24.3 Å². The van der Waals surface area contributed by atoms with Gasteiger partial charge in [0.25, 0.3) is 0 Å². The maximum Gasteiger partial charge on any atom is 0.226 e. The molecule has 0 saturated carbocycles. The first kappa shape index (κ1) is 17.1. The second-order valence-electron chi connectivity index (χ2n) is 6.34. The Hall–Kier alpha value is -2.29. The van der Waals surface area contributed by atoms with Gasteiger partial charge in [-0.25, -0.2) is 0 Å². The maximum atomic E-state index is 12.1. The summed E-state index contributed by atoms with van der Waals surface area (Å²) in [6.45, 7) is 9.04. The summed E-state index contributed by atoms with van der Waals surface area (Å²) in [4.78, 5) is 12.1. The van der Waals surface area contributed by atoms with Gasteiger partial charge in [-0.2, -0.15) is 0 Å². The van der Waals surface area contributed by atoms with Crippen LogP contribution in [0.4, 0.5) is 11.4 Å². The molecule has 0 spiro atoms. The number of para-hydroxylation sites is 1. The van der Waals surface area contributed by atoms with Crippen molar-refractivity contribution >= 4 is 17.3 Å². The van der Waals surface area contributed by atoms with Gasteiger partial charge in [0.1, 0.15) is 0 Å². The van der Waals surface area contributed by atoms with E-state index in [-0.39, 0.29) is 5.91 Å². The highest BCUT2D eigenvalue weighted by Gasteiger charge is 2.07. The van der Waals surface area contributed by atoms with Gasteiger partial charge in [-0.1, -0.05) is 38.1 Å². The number of carbonyl (C=O) groups excluding carboxylic acids is 1. The van der Waals surface area contributed by atoms with Crippen molar-refractivity contribution in [1.29, 1.82) is 0 Å². The minimum atomic E-state index is 0.0320. The molecule has 0 bridgehead atoms. The third-order valence-corrected chi connectivity index (χ3v) is 3.76. The van der Waals surface area contributed by atoms with E-state index < -0.39 is 0 Å². The van der Waals surface area contributed by atoms with Crippen molar-refractivity contribution in [2.24, 2.45) is 0 Å². The van der Waals surface area contributed by atoms with Crippen molar-refractivity contribution in [3.05, 3.63) is 59.2 Å². The topological polar surface area (TPSA) is 41.1 Å². The molecule has 0 fully saturated rings. The van der Waals surface area contributed by atoms with Crippen LogP contribution in [0.1, 0.15) is 42.9 Å². The predicted octanol–water partition coefficient (Wildman–Crippen LogP) is 4.87. The van der Waals surface area contributed by atoms with Crippen LogP contribution >= 0.6 is 0 Å². The second-order valence-corrected chi connectivity index (χ2v) is 6.34. The molecule has 3 heteroatoms. The van der Waals surface area contributed by atoms with E-state index in [0.717, 1.165) is 22.5 Å². The van der Waals surface area contributed by atoms with Crippen LogP contribution < -0.4 is 10.6 Å². The molecule has 0 aromatic heterocycles. The van der Waals surface area contributed by atoms with Gasteiger partial charge in [-0.3, -0.25) is 4.79 Å². The minimum absolute atomic E-state index is 0.0320. The lowest BCUT2D eigenvalue weighted by Gasteiger charge is -2.14. The molecule has 2 aromatic carbocycles. The number of nitrogens with one attached hydrogen (secondary N) is 2. The zero-order valence-corrected chi connectivity index (χ0v) is 14.4. The first-order valence-electron chi connectivity index (χ1n) is 8.16. The third-order valence-electron chi connectivity index (χ3n) is 3.76. The summed E-state index contributed by atoms with van der Waals surface area (Å²) in [5.41, 5.74) is 5.58. The third kappa shape index (κ3) is 5.13.